The normalized spacial score (nSPS) is 24.1. The molecule has 15 heavy (non-hydrogen) atoms. The number of amides is 1. The van der Waals surface area contributed by atoms with Crippen LogP contribution in [0.25, 0.3) is 0 Å². The van der Waals surface area contributed by atoms with Crippen molar-refractivity contribution in [2.24, 2.45) is 11.1 Å². The van der Waals surface area contributed by atoms with Gasteiger partial charge in [0.2, 0.25) is 5.91 Å². The third-order valence-electron chi connectivity index (χ3n) is 4.39. The summed E-state index contributed by atoms with van der Waals surface area (Å²) in [7, 11) is 1.95. The number of hydrogen-bond donors (Lipinski definition) is 1. The lowest BCUT2D eigenvalue weighted by molar-refractivity contribution is -0.137. The van der Waals surface area contributed by atoms with Crippen molar-refractivity contribution in [1.82, 2.24) is 4.90 Å². The topological polar surface area (TPSA) is 46.3 Å². The smallest absolute Gasteiger partial charge is 0.223 e. The number of hydrogen-bond acceptors (Lipinski definition) is 2. The van der Waals surface area contributed by atoms with Crippen molar-refractivity contribution in [3.05, 3.63) is 0 Å². The third-order valence-corrected chi connectivity index (χ3v) is 4.39. The molecule has 0 aromatic rings. The van der Waals surface area contributed by atoms with Crippen LogP contribution in [0.3, 0.4) is 0 Å². The lowest BCUT2D eigenvalue weighted by atomic mass is 9.66. The summed E-state index contributed by atoms with van der Waals surface area (Å²) < 4.78 is 0. The first kappa shape index (κ1) is 10.9. The molecule has 1 amide bonds. The molecular weight excluding hydrogens is 188 g/mol. The summed E-state index contributed by atoms with van der Waals surface area (Å²) >= 11 is 0. The fourth-order valence-electron chi connectivity index (χ4n) is 2.55. The van der Waals surface area contributed by atoms with E-state index in [9.17, 15) is 4.79 Å². The van der Waals surface area contributed by atoms with Gasteiger partial charge in [-0.1, -0.05) is 6.42 Å². The third kappa shape index (κ3) is 2.03. The summed E-state index contributed by atoms with van der Waals surface area (Å²) in [4.78, 5) is 14.0. The molecular formula is C12H22N2O. The number of nitrogens with two attached hydrogens (primary N) is 1. The molecule has 0 heterocycles. The van der Waals surface area contributed by atoms with Gasteiger partial charge in [0.05, 0.1) is 0 Å². The minimum atomic E-state index is 0.162. The van der Waals surface area contributed by atoms with E-state index >= 15 is 0 Å². The first-order valence-corrected chi connectivity index (χ1v) is 6.13. The maximum absolute atomic E-state index is 12.0. The number of carbonyl (C=O) groups excluding carboxylic acids is 1. The zero-order valence-electron chi connectivity index (χ0n) is 9.67. The highest BCUT2D eigenvalue weighted by Gasteiger charge is 2.39. The van der Waals surface area contributed by atoms with Gasteiger partial charge in [-0.3, -0.25) is 4.79 Å². The predicted octanol–water partition coefficient (Wildman–Crippen LogP) is 1.52. The fraction of sp³-hybridized carbons (Fsp3) is 0.917. The summed E-state index contributed by atoms with van der Waals surface area (Å²) in [6.07, 6.45) is 7.88. The van der Waals surface area contributed by atoms with Gasteiger partial charge in [0.25, 0.3) is 0 Å². The van der Waals surface area contributed by atoms with Crippen molar-refractivity contribution in [3.63, 3.8) is 0 Å². The molecule has 0 atom stereocenters. The van der Waals surface area contributed by atoms with Crippen molar-refractivity contribution in [3.8, 4) is 0 Å². The minimum Gasteiger partial charge on any atom is -0.343 e. The summed E-state index contributed by atoms with van der Waals surface area (Å²) in [6.45, 7) is 0.678. The van der Waals surface area contributed by atoms with Gasteiger partial charge in [0.15, 0.2) is 0 Å². The van der Waals surface area contributed by atoms with Crippen LogP contribution < -0.4 is 5.73 Å². The Labute approximate surface area is 92.0 Å². The highest BCUT2D eigenvalue weighted by molar-refractivity contribution is 5.77. The van der Waals surface area contributed by atoms with E-state index in [2.05, 4.69) is 0 Å². The Hall–Kier alpha value is -0.570. The number of nitrogens with zero attached hydrogens (tertiary/aromatic N) is 1. The second-order valence-corrected chi connectivity index (χ2v) is 5.32. The van der Waals surface area contributed by atoms with Crippen LogP contribution in [-0.4, -0.2) is 30.4 Å². The molecule has 0 unspecified atom stereocenters. The van der Waals surface area contributed by atoms with E-state index in [4.69, 9.17) is 5.73 Å². The van der Waals surface area contributed by atoms with Crippen LogP contribution in [0.2, 0.25) is 0 Å². The Morgan fingerprint density at radius 3 is 2.40 bits per heavy atom. The molecule has 2 saturated carbocycles. The molecule has 0 aromatic carbocycles. The van der Waals surface area contributed by atoms with Gasteiger partial charge in [-0.2, -0.15) is 0 Å². The molecule has 2 rings (SSSR count). The van der Waals surface area contributed by atoms with Crippen LogP contribution in [-0.2, 0) is 4.79 Å². The van der Waals surface area contributed by atoms with Crippen LogP contribution >= 0.6 is 0 Å². The van der Waals surface area contributed by atoms with E-state index in [1.165, 1.54) is 25.7 Å². The zero-order chi connectivity index (χ0) is 10.9. The molecule has 3 heteroatoms. The van der Waals surface area contributed by atoms with Gasteiger partial charge in [0.1, 0.15) is 0 Å². The van der Waals surface area contributed by atoms with E-state index < -0.39 is 0 Å². The highest BCUT2D eigenvalue weighted by Crippen LogP contribution is 2.43. The van der Waals surface area contributed by atoms with Gasteiger partial charge in [-0.25, -0.2) is 0 Å². The van der Waals surface area contributed by atoms with Crippen LogP contribution in [0.4, 0.5) is 0 Å². The van der Waals surface area contributed by atoms with E-state index in [0.717, 1.165) is 12.8 Å². The van der Waals surface area contributed by atoms with Crippen molar-refractivity contribution in [2.75, 3.05) is 13.6 Å². The monoisotopic (exact) mass is 210 g/mol. The standard InChI is InChI=1S/C12H22N2O/c1-14(10-4-2-5-10)11(15)8-12(9-13)6-3-7-12/h10H,2-9,13H2,1H3. The molecule has 0 radical (unpaired) electrons. The molecule has 2 fully saturated rings. The molecule has 0 spiro atoms. The van der Waals surface area contributed by atoms with Crippen molar-refractivity contribution in [2.45, 2.75) is 51.0 Å². The van der Waals surface area contributed by atoms with Gasteiger partial charge in [-0.15, -0.1) is 0 Å². The average Bonchev–Trinajstić information content (AvgIpc) is 2.08. The summed E-state index contributed by atoms with van der Waals surface area (Å²) in [5.74, 6) is 0.310. The van der Waals surface area contributed by atoms with E-state index in [0.29, 0.717) is 24.9 Å². The van der Waals surface area contributed by atoms with Crippen LogP contribution in [0.1, 0.15) is 44.9 Å². The molecule has 2 aliphatic carbocycles. The SMILES string of the molecule is CN(C(=O)CC1(CN)CCC1)C1CCC1. The second-order valence-electron chi connectivity index (χ2n) is 5.32. The summed E-state index contributed by atoms with van der Waals surface area (Å²) in [5, 5.41) is 0. The van der Waals surface area contributed by atoms with E-state index in [1.54, 1.807) is 0 Å². The Morgan fingerprint density at radius 1 is 1.40 bits per heavy atom. The van der Waals surface area contributed by atoms with E-state index in [-0.39, 0.29) is 5.41 Å². The first-order chi connectivity index (χ1) is 7.17. The zero-order valence-corrected chi connectivity index (χ0v) is 9.67. The Bertz CT molecular complexity index is 238. The van der Waals surface area contributed by atoms with Crippen molar-refractivity contribution in [1.29, 1.82) is 0 Å². The molecule has 0 aliphatic heterocycles. The fourth-order valence-corrected chi connectivity index (χ4v) is 2.55. The number of rotatable bonds is 4. The number of carbonyl (C=O) groups is 1. The molecule has 3 nitrogen and oxygen atoms in total. The van der Waals surface area contributed by atoms with Gasteiger partial charge >= 0.3 is 0 Å². The molecule has 2 aliphatic rings. The van der Waals surface area contributed by atoms with Gasteiger partial charge in [0, 0.05) is 19.5 Å². The summed E-state index contributed by atoms with van der Waals surface area (Å²) in [5.41, 5.74) is 5.93. The van der Waals surface area contributed by atoms with Crippen LogP contribution in [0.5, 0.6) is 0 Å². The summed E-state index contributed by atoms with van der Waals surface area (Å²) in [6, 6.07) is 0.521. The van der Waals surface area contributed by atoms with Crippen LogP contribution in [0, 0.1) is 5.41 Å². The largest absolute Gasteiger partial charge is 0.343 e. The average molecular weight is 210 g/mol. The van der Waals surface area contributed by atoms with E-state index in [1.807, 2.05) is 11.9 Å². The maximum Gasteiger partial charge on any atom is 0.223 e. The quantitative estimate of drug-likeness (QED) is 0.764. The highest BCUT2D eigenvalue weighted by atomic mass is 16.2. The minimum absolute atomic E-state index is 0.162. The Balaban J connectivity index is 1.85. The van der Waals surface area contributed by atoms with Gasteiger partial charge < -0.3 is 10.6 Å². The molecule has 0 bridgehead atoms. The lowest BCUT2D eigenvalue weighted by Gasteiger charge is -2.43. The predicted molar refractivity (Wildman–Crippen MR) is 60.4 cm³/mol. The van der Waals surface area contributed by atoms with Gasteiger partial charge in [-0.05, 0) is 44.1 Å². The molecule has 2 N–H and O–H groups in total. The molecule has 0 aromatic heterocycles. The maximum atomic E-state index is 12.0. The Morgan fingerprint density at radius 2 is 2.07 bits per heavy atom. The van der Waals surface area contributed by atoms with Crippen LogP contribution in [0.15, 0.2) is 0 Å². The molecule has 86 valence electrons. The van der Waals surface area contributed by atoms with Crippen molar-refractivity contribution < 1.29 is 4.79 Å². The lowest BCUT2D eigenvalue weighted by Crippen LogP contribution is -2.46. The second kappa shape index (κ2) is 4.12. The Kier molecular flexibility index (Phi) is 3.01. The molecule has 0 saturated heterocycles. The first-order valence-electron chi connectivity index (χ1n) is 6.13. The van der Waals surface area contributed by atoms with Crippen molar-refractivity contribution >= 4 is 5.91 Å².